The molecule has 2 rings (SSSR count). The molecule has 1 heterocycles. The van der Waals surface area contributed by atoms with Crippen molar-refractivity contribution in [2.75, 3.05) is 18.6 Å². The van der Waals surface area contributed by atoms with Gasteiger partial charge in [0.15, 0.2) is 0 Å². The predicted molar refractivity (Wildman–Crippen MR) is 66.0 cm³/mol. The molecule has 0 fully saturated rings. The van der Waals surface area contributed by atoms with Gasteiger partial charge in [0.1, 0.15) is 5.75 Å². The van der Waals surface area contributed by atoms with Gasteiger partial charge in [-0.25, -0.2) is 0 Å². The molecule has 5 heteroatoms. The van der Waals surface area contributed by atoms with Gasteiger partial charge in [0.2, 0.25) is 5.91 Å². The lowest BCUT2D eigenvalue weighted by atomic mass is 10.0. The van der Waals surface area contributed by atoms with E-state index in [9.17, 15) is 9.59 Å². The molecule has 1 amide bonds. The van der Waals surface area contributed by atoms with Crippen LogP contribution in [0, 0.1) is 0 Å². The molecule has 1 atom stereocenters. The summed E-state index contributed by atoms with van der Waals surface area (Å²) in [6.45, 7) is 1.97. The lowest BCUT2D eigenvalue weighted by molar-refractivity contribution is -0.138. The number of rotatable bonds is 2. The van der Waals surface area contributed by atoms with Gasteiger partial charge in [-0.1, -0.05) is 6.07 Å². The van der Waals surface area contributed by atoms with Gasteiger partial charge in [-0.15, -0.1) is 0 Å². The third-order valence-electron chi connectivity index (χ3n) is 3.16. The highest BCUT2D eigenvalue weighted by Crippen LogP contribution is 2.33. The van der Waals surface area contributed by atoms with Crippen molar-refractivity contribution < 1.29 is 19.4 Å². The Morgan fingerprint density at radius 2 is 2.22 bits per heavy atom. The average molecular weight is 249 g/mol. The molecule has 0 aliphatic carbocycles. The maximum absolute atomic E-state index is 11.7. The first-order valence-electron chi connectivity index (χ1n) is 5.77. The molecule has 0 spiro atoms. The summed E-state index contributed by atoms with van der Waals surface area (Å²) in [6.07, 6.45) is 0.328. The Morgan fingerprint density at radius 1 is 1.50 bits per heavy atom. The number of anilines is 1. The molecule has 1 aliphatic heterocycles. The fourth-order valence-electron chi connectivity index (χ4n) is 1.88. The molecular formula is C13H15NO4. The second-order valence-electron chi connectivity index (χ2n) is 4.34. The third kappa shape index (κ3) is 2.16. The Bertz CT molecular complexity index is 498. The van der Waals surface area contributed by atoms with E-state index in [0.29, 0.717) is 30.0 Å². The summed E-state index contributed by atoms with van der Waals surface area (Å²) in [6, 6.07) is 5.15. The van der Waals surface area contributed by atoms with E-state index in [4.69, 9.17) is 9.84 Å². The molecule has 0 radical (unpaired) electrons. The number of carbonyl (C=O) groups is 2. The zero-order valence-electron chi connectivity index (χ0n) is 10.3. The molecule has 1 aromatic rings. The fraction of sp³-hybridized carbons (Fsp3) is 0.385. The van der Waals surface area contributed by atoms with Gasteiger partial charge in [-0.05, 0) is 24.6 Å². The molecule has 5 nitrogen and oxygen atoms in total. The van der Waals surface area contributed by atoms with Gasteiger partial charge in [0.05, 0.1) is 24.6 Å². The first-order chi connectivity index (χ1) is 8.50. The Morgan fingerprint density at radius 3 is 2.89 bits per heavy atom. The van der Waals surface area contributed by atoms with Crippen LogP contribution >= 0.6 is 0 Å². The van der Waals surface area contributed by atoms with Crippen molar-refractivity contribution in [1.29, 1.82) is 0 Å². The molecule has 1 aliphatic rings. The lowest BCUT2D eigenvalue weighted by Gasteiger charge is -2.18. The maximum Gasteiger partial charge on any atom is 0.310 e. The first kappa shape index (κ1) is 12.4. The van der Waals surface area contributed by atoms with Crippen LogP contribution in [0.3, 0.4) is 0 Å². The molecule has 0 saturated heterocycles. The van der Waals surface area contributed by atoms with E-state index in [1.165, 1.54) is 4.90 Å². The lowest BCUT2D eigenvalue weighted by Crippen LogP contribution is -2.25. The van der Waals surface area contributed by atoms with Gasteiger partial charge < -0.3 is 14.7 Å². The second-order valence-corrected chi connectivity index (χ2v) is 4.34. The minimum absolute atomic E-state index is 0.0334. The van der Waals surface area contributed by atoms with Crippen LogP contribution in [0.1, 0.15) is 24.8 Å². The molecular weight excluding hydrogens is 234 g/mol. The highest BCUT2D eigenvalue weighted by atomic mass is 16.5. The summed E-state index contributed by atoms with van der Waals surface area (Å²) in [5, 5.41) is 9.00. The summed E-state index contributed by atoms with van der Waals surface area (Å²) < 4.78 is 5.47. The van der Waals surface area contributed by atoms with Crippen molar-refractivity contribution in [3.8, 4) is 5.75 Å². The van der Waals surface area contributed by atoms with Gasteiger partial charge >= 0.3 is 5.97 Å². The quantitative estimate of drug-likeness (QED) is 0.864. The standard InChI is InChI=1S/C13H15NO4/c1-8(13(16)17)9-3-4-11-10(7-9)14(2)12(15)5-6-18-11/h3-4,7-8H,5-6H2,1-2H3,(H,16,17). The van der Waals surface area contributed by atoms with E-state index < -0.39 is 11.9 Å². The van der Waals surface area contributed by atoms with Gasteiger partial charge in [0.25, 0.3) is 0 Å². The fourth-order valence-corrected chi connectivity index (χ4v) is 1.88. The van der Waals surface area contributed by atoms with Crippen LogP contribution in [0.5, 0.6) is 5.75 Å². The molecule has 0 aromatic heterocycles. The SMILES string of the molecule is CC(C(=O)O)c1ccc2c(c1)N(C)C(=O)CCO2. The highest BCUT2D eigenvalue weighted by molar-refractivity contribution is 5.95. The number of benzene rings is 1. The Hall–Kier alpha value is -2.04. The number of carbonyl (C=O) groups excluding carboxylic acids is 1. The van der Waals surface area contributed by atoms with E-state index in [0.717, 1.165) is 0 Å². The van der Waals surface area contributed by atoms with Crippen LogP contribution in [0.15, 0.2) is 18.2 Å². The van der Waals surface area contributed by atoms with Gasteiger partial charge in [0, 0.05) is 7.05 Å². The number of carboxylic acids is 1. The van der Waals surface area contributed by atoms with Crippen LogP contribution in [-0.4, -0.2) is 30.6 Å². The van der Waals surface area contributed by atoms with E-state index in [-0.39, 0.29) is 5.91 Å². The molecule has 1 unspecified atom stereocenters. The molecule has 0 saturated carbocycles. The van der Waals surface area contributed by atoms with Crippen molar-refractivity contribution in [1.82, 2.24) is 0 Å². The number of nitrogens with zero attached hydrogens (tertiary/aromatic N) is 1. The van der Waals surface area contributed by atoms with Crippen LogP contribution in [0.25, 0.3) is 0 Å². The van der Waals surface area contributed by atoms with Crippen molar-refractivity contribution in [2.45, 2.75) is 19.3 Å². The van der Waals surface area contributed by atoms with Crippen molar-refractivity contribution in [3.63, 3.8) is 0 Å². The van der Waals surface area contributed by atoms with Crippen LogP contribution in [0.2, 0.25) is 0 Å². The van der Waals surface area contributed by atoms with E-state index >= 15 is 0 Å². The van der Waals surface area contributed by atoms with Gasteiger partial charge in [-0.3, -0.25) is 9.59 Å². The molecule has 0 bridgehead atoms. The number of amides is 1. The summed E-state index contributed by atoms with van der Waals surface area (Å²) in [7, 11) is 1.67. The third-order valence-corrected chi connectivity index (χ3v) is 3.16. The normalized spacial score (nSPS) is 16.6. The Labute approximate surface area is 105 Å². The Kier molecular flexibility index (Phi) is 3.23. The van der Waals surface area contributed by atoms with E-state index in [1.807, 2.05) is 0 Å². The number of hydrogen-bond donors (Lipinski definition) is 1. The van der Waals surface area contributed by atoms with Gasteiger partial charge in [-0.2, -0.15) is 0 Å². The molecule has 96 valence electrons. The first-order valence-corrected chi connectivity index (χ1v) is 5.77. The summed E-state index contributed by atoms with van der Waals surface area (Å²) in [4.78, 5) is 24.2. The minimum Gasteiger partial charge on any atom is -0.491 e. The topological polar surface area (TPSA) is 66.8 Å². The number of hydrogen-bond acceptors (Lipinski definition) is 3. The highest BCUT2D eigenvalue weighted by Gasteiger charge is 2.22. The van der Waals surface area contributed by atoms with Crippen LogP contribution in [-0.2, 0) is 9.59 Å². The maximum atomic E-state index is 11.7. The summed E-state index contributed by atoms with van der Waals surface area (Å²) >= 11 is 0. The monoisotopic (exact) mass is 249 g/mol. The number of aliphatic carboxylic acids is 1. The largest absolute Gasteiger partial charge is 0.491 e. The van der Waals surface area contributed by atoms with Crippen molar-refractivity contribution in [3.05, 3.63) is 23.8 Å². The molecule has 1 N–H and O–H groups in total. The average Bonchev–Trinajstić information content (AvgIpc) is 2.49. The zero-order valence-corrected chi connectivity index (χ0v) is 10.3. The smallest absolute Gasteiger partial charge is 0.310 e. The van der Waals surface area contributed by atoms with E-state index in [2.05, 4.69) is 0 Å². The van der Waals surface area contributed by atoms with Crippen molar-refractivity contribution in [2.24, 2.45) is 0 Å². The van der Waals surface area contributed by atoms with Crippen LogP contribution < -0.4 is 9.64 Å². The van der Waals surface area contributed by atoms with Crippen LogP contribution in [0.4, 0.5) is 5.69 Å². The molecule has 18 heavy (non-hydrogen) atoms. The van der Waals surface area contributed by atoms with Crippen molar-refractivity contribution >= 4 is 17.6 Å². The summed E-state index contributed by atoms with van der Waals surface area (Å²) in [5.41, 5.74) is 1.29. The van der Waals surface area contributed by atoms with E-state index in [1.54, 1.807) is 32.2 Å². The number of fused-ring (bicyclic) bond motifs is 1. The summed E-state index contributed by atoms with van der Waals surface area (Å²) in [5.74, 6) is -0.918. The second kappa shape index (κ2) is 4.68. The predicted octanol–water partition coefficient (Wildman–Crippen LogP) is 1.62. The number of carboxylic acid groups (broad SMARTS) is 1. The molecule has 1 aromatic carbocycles. The zero-order chi connectivity index (χ0) is 13.3. The minimum atomic E-state index is -0.890. The number of ether oxygens (including phenoxy) is 1. The Balaban J connectivity index is 2.44.